The highest BCUT2D eigenvalue weighted by atomic mass is 35.5. The maximum atomic E-state index is 13.8. The lowest BCUT2D eigenvalue weighted by atomic mass is 9.46. The molecular formula is C30H41Cl2N3O4. The van der Waals surface area contributed by atoms with Gasteiger partial charge in [-0.3, -0.25) is 14.5 Å². The third-order valence-electron chi connectivity index (χ3n) is 10.8. The largest absolute Gasteiger partial charge is 0.393 e. The Morgan fingerprint density at radius 1 is 1.13 bits per heavy atom. The highest BCUT2D eigenvalue weighted by molar-refractivity contribution is 6.01. The van der Waals surface area contributed by atoms with Crippen LogP contribution in [0.5, 0.6) is 0 Å². The van der Waals surface area contributed by atoms with Crippen molar-refractivity contribution in [2.24, 2.45) is 28.6 Å². The second kappa shape index (κ2) is 10.9. The lowest BCUT2D eigenvalue weighted by Crippen LogP contribution is -2.62. The Labute approximate surface area is 243 Å². The van der Waals surface area contributed by atoms with Gasteiger partial charge in [0.2, 0.25) is 0 Å². The number of hydrogen-bond acceptors (Lipinski definition) is 7. The van der Waals surface area contributed by atoms with Crippen LogP contribution in [0.3, 0.4) is 0 Å². The summed E-state index contributed by atoms with van der Waals surface area (Å²) in [7, 11) is 0. The van der Waals surface area contributed by atoms with E-state index in [1.165, 1.54) is 0 Å². The molecule has 4 aliphatic carbocycles. The van der Waals surface area contributed by atoms with E-state index in [0.29, 0.717) is 12.8 Å². The number of anilines is 1. The number of allylic oxidation sites excluding steroid dienone is 4. The van der Waals surface area contributed by atoms with Crippen molar-refractivity contribution in [1.82, 2.24) is 9.88 Å². The molecule has 9 heteroatoms. The fraction of sp³-hybridized carbons (Fsp3) is 0.633. The van der Waals surface area contributed by atoms with Crippen molar-refractivity contribution in [2.45, 2.75) is 57.7 Å². The van der Waals surface area contributed by atoms with Crippen LogP contribution in [-0.2, 0) is 9.59 Å². The first kappa shape index (κ1) is 30.2. The summed E-state index contributed by atoms with van der Waals surface area (Å²) in [4.78, 5) is 34.7. The molecule has 5 aliphatic rings. The summed E-state index contributed by atoms with van der Waals surface area (Å²) in [5, 5.41) is 23.6. The summed E-state index contributed by atoms with van der Waals surface area (Å²) >= 11 is 0. The zero-order chi connectivity index (χ0) is 26.0. The van der Waals surface area contributed by atoms with E-state index in [1.54, 1.807) is 18.3 Å². The number of rotatable bonds is 4. The molecule has 2 heterocycles. The number of carbonyl (C=O) groups is 2. The molecule has 4 fully saturated rings. The molecule has 1 aromatic rings. The second-order valence-electron chi connectivity index (χ2n) is 12.5. The fourth-order valence-corrected chi connectivity index (χ4v) is 8.80. The van der Waals surface area contributed by atoms with E-state index in [4.69, 9.17) is 0 Å². The summed E-state index contributed by atoms with van der Waals surface area (Å²) in [5.41, 5.74) is -1.28. The molecule has 7 nitrogen and oxygen atoms in total. The fourth-order valence-electron chi connectivity index (χ4n) is 8.80. The van der Waals surface area contributed by atoms with Gasteiger partial charge in [-0.25, -0.2) is 4.98 Å². The van der Waals surface area contributed by atoms with Crippen molar-refractivity contribution < 1.29 is 19.8 Å². The standard InChI is InChI=1S/C30H39N3O4.2ClH/c1-28-10-8-21(34)17-20(28)6-7-22-23-9-11-30(37,29(23,2)18-24(35)27(22)28)25(36)19-32-13-15-33(16-14-32)26-5-3-4-12-31-26;;/h3-5,8,10,12,17,22-24,27,35,37H,6-7,9,11,13-16,18-19H2,1-2H3;2*1H/t22-,23-,24?,27+,28-,29-,30-;;/m0../s1. The summed E-state index contributed by atoms with van der Waals surface area (Å²) in [6.07, 6.45) is 10.00. The molecular weight excluding hydrogens is 537 g/mol. The van der Waals surface area contributed by atoms with Crippen LogP contribution in [0.25, 0.3) is 0 Å². The van der Waals surface area contributed by atoms with Crippen LogP contribution >= 0.6 is 24.8 Å². The molecule has 0 amide bonds. The molecule has 7 atom stereocenters. The number of piperazine rings is 1. The minimum Gasteiger partial charge on any atom is -0.393 e. The van der Waals surface area contributed by atoms with Gasteiger partial charge in [-0.05, 0) is 68.2 Å². The van der Waals surface area contributed by atoms with Gasteiger partial charge in [-0.1, -0.05) is 31.6 Å². The first-order valence-electron chi connectivity index (χ1n) is 13.9. The Morgan fingerprint density at radius 2 is 1.87 bits per heavy atom. The molecule has 214 valence electrons. The second-order valence-corrected chi connectivity index (χ2v) is 12.5. The molecule has 0 bridgehead atoms. The van der Waals surface area contributed by atoms with Crippen LogP contribution in [0.4, 0.5) is 5.82 Å². The van der Waals surface area contributed by atoms with Crippen LogP contribution in [0.15, 0.2) is 48.2 Å². The van der Waals surface area contributed by atoms with Crippen molar-refractivity contribution >= 4 is 42.2 Å². The molecule has 6 rings (SSSR count). The molecule has 0 aromatic carbocycles. The topological polar surface area (TPSA) is 94.0 Å². The van der Waals surface area contributed by atoms with Crippen molar-refractivity contribution in [3.8, 4) is 0 Å². The van der Waals surface area contributed by atoms with Crippen LogP contribution in [0.1, 0.15) is 46.0 Å². The minimum atomic E-state index is -1.42. The number of carbonyl (C=O) groups excluding carboxylic acids is 2. The number of ketones is 2. The van der Waals surface area contributed by atoms with Crippen LogP contribution in [-0.4, -0.2) is 76.1 Å². The van der Waals surface area contributed by atoms with Gasteiger partial charge in [0.05, 0.1) is 12.6 Å². The Hall–Kier alpha value is -1.77. The van der Waals surface area contributed by atoms with Gasteiger partial charge in [-0.2, -0.15) is 0 Å². The SMILES string of the molecule is C[C@]12C=CC(=O)C=C1CC[C@@H]1[C@@H]2C(O)C[C@@]2(C)[C@H]1CC[C@]2(O)C(=O)CN1CCN(c2ccccn2)CC1.Cl.Cl. The zero-order valence-corrected chi connectivity index (χ0v) is 24.4. The van der Waals surface area contributed by atoms with Crippen molar-refractivity contribution in [3.63, 3.8) is 0 Å². The molecule has 1 aliphatic heterocycles. The Kier molecular flexibility index (Phi) is 8.44. The molecule has 3 saturated carbocycles. The number of nitrogens with zero attached hydrogens (tertiary/aromatic N) is 3. The number of pyridine rings is 1. The quantitative estimate of drug-likeness (QED) is 0.564. The molecule has 39 heavy (non-hydrogen) atoms. The van der Waals surface area contributed by atoms with Crippen LogP contribution in [0.2, 0.25) is 0 Å². The first-order valence-corrected chi connectivity index (χ1v) is 13.9. The van der Waals surface area contributed by atoms with E-state index in [0.717, 1.165) is 56.8 Å². The van der Waals surface area contributed by atoms with E-state index >= 15 is 0 Å². The highest BCUT2D eigenvalue weighted by Crippen LogP contribution is 2.67. The van der Waals surface area contributed by atoms with E-state index in [1.807, 2.05) is 24.3 Å². The number of aliphatic hydroxyl groups is 2. The zero-order valence-electron chi connectivity index (χ0n) is 22.8. The predicted octanol–water partition coefficient (Wildman–Crippen LogP) is 3.63. The van der Waals surface area contributed by atoms with Gasteiger partial charge >= 0.3 is 0 Å². The Balaban J connectivity index is 0.00000176. The van der Waals surface area contributed by atoms with Crippen LogP contribution < -0.4 is 4.90 Å². The number of hydrogen-bond donors (Lipinski definition) is 2. The average Bonchev–Trinajstić information content (AvgIpc) is 3.16. The maximum Gasteiger partial charge on any atom is 0.178 e. The molecule has 1 unspecified atom stereocenters. The monoisotopic (exact) mass is 577 g/mol. The summed E-state index contributed by atoms with van der Waals surface area (Å²) < 4.78 is 0. The maximum absolute atomic E-state index is 13.8. The van der Waals surface area contributed by atoms with E-state index in [9.17, 15) is 19.8 Å². The van der Waals surface area contributed by atoms with E-state index in [-0.39, 0.29) is 66.1 Å². The number of halogens is 2. The average molecular weight is 579 g/mol. The molecule has 1 saturated heterocycles. The summed E-state index contributed by atoms with van der Waals surface area (Å²) in [6, 6.07) is 5.91. The van der Waals surface area contributed by atoms with Gasteiger partial charge in [0, 0.05) is 49.1 Å². The Bertz CT molecular complexity index is 1150. The summed E-state index contributed by atoms with van der Waals surface area (Å²) in [5.74, 6) is 1.30. The molecule has 2 N–H and O–H groups in total. The predicted molar refractivity (Wildman–Crippen MR) is 155 cm³/mol. The van der Waals surface area contributed by atoms with Crippen molar-refractivity contribution in [3.05, 3.63) is 48.2 Å². The third kappa shape index (κ3) is 4.68. The smallest absolute Gasteiger partial charge is 0.178 e. The van der Waals surface area contributed by atoms with Gasteiger partial charge in [-0.15, -0.1) is 24.8 Å². The van der Waals surface area contributed by atoms with Gasteiger partial charge < -0.3 is 15.1 Å². The number of aliphatic hydroxyl groups excluding tert-OH is 1. The normalized spacial score (nSPS) is 39.4. The van der Waals surface area contributed by atoms with E-state index in [2.05, 4.69) is 28.6 Å². The van der Waals surface area contributed by atoms with Gasteiger partial charge in [0.15, 0.2) is 11.6 Å². The van der Waals surface area contributed by atoms with Crippen LogP contribution in [0, 0.1) is 28.6 Å². The number of fused-ring (bicyclic) bond motifs is 5. The minimum absolute atomic E-state index is 0. The molecule has 0 radical (unpaired) electrons. The summed E-state index contributed by atoms with van der Waals surface area (Å²) in [6.45, 7) is 7.56. The molecule has 1 aromatic heterocycles. The third-order valence-corrected chi connectivity index (χ3v) is 10.8. The highest BCUT2D eigenvalue weighted by Gasteiger charge is 2.68. The number of aromatic nitrogens is 1. The van der Waals surface area contributed by atoms with Crippen molar-refractivity contribution in [1.29, 1.82) is 0 Å². The lowest BCUT2D eigenvalue weighted by Gasteiger charge is -2.59. The lowest BCUT2D eigenvalue weighted by molar-refractivity contribution is -0.177. The Morgan fingerprint density at radius 3 is 2.56 bits per heavy atom. The molecule has 0 spiro atoms. The first-order chi connectivity index (χ1) is 17.7. The van der Waals surface area contributed by atoms with Gasteiger partial charge in [0.25, 0.3) is 0 Å². The van der Waals surface area contributed by atoms with E-state index < -0.39 is 17.1 Å². The number of Topliss-reactive ketones (excluding diaryl/α,β-unsaturated/α-hetero) is 1. The van der Waals surface area contributed by atoms with Gasteiger partial charge in [0.1, 0.15) is 11.4 Å². The van der Waals surface area contributed by atoms with Crippen molar-refractivity contribution in [2.75, 3.05) is 37.6 Å².